The van der Waals surface area contributed by atoms with Gasteiger partial charge in [0.25, 0.3) is 0 Å². The van der Waals surface area contributed by atoms with E-state index < -0.39 is 0 Å². The van der Waals surface area contributed by atoms with Gasteiger partial charge in [-0.2, -0.15) is 0 Å². The topological polar surface area (TPSA) is 58.4 Å². The molecule has 1 aromatic heterocycles. The Hall–Kier alpha value is -1.07. The van der Waals surface area contributed by atoms with E-state index in [0.29, 0.717) is 12.5 Å². The molecule has 0 aliphatic carbocycles. The summed E-state index contributed by atoms with van der Waals surface area (Å²) in [6.45, 7) is 8.25. The maximum atomic E-state index is 12.1. The van der Waals surface area contributed by atoms with Crippen molar-refractivity contribution in [3.63, 3.8) is 0 Å². The van der Waals surface area contributed by atoms with Gasteiger partial charge in [0.2, 0.25) is 5.91 Å². The van der Waals surface area contributed by atoms with E-state index in [1.54, 1.807) is 0 Å². The number of carbonyl (C=O) groups excluding carboxylic acids is 1. The van der Waals surface area contributed by atoms with Gasteiger partial charge in [-0.05, 0) is 20.8 Å². The molecule has 0 spiro atoms. The van der Waals surface area contributed by atoms with Gasteiger partial charge in [-0.1, -0.05) is 5.16 Å². The van der Waals surface area contributed by atoms with E-state index in [4.69, 9.17) is 4.52 Å². The third-order valence-electron chi connectivity index (χ3n) is 3.23. The van der Waals surface area contributed by atoms with Crippen molar-refractivity contribution in [1.29, 1.82) is 0 Å². The number of aryl methyl sites for hydroxylation is 2. The van der Waals surface area contributed by atoms with Crippen molar-refractivity contribution in [1.82, 2.24) is 15.4 Å². The lowest BCUT2D eigenvalue weighted by Gasteiger charge is -2.31. The molecule has 18 heavy (non-hydrogen) atoms. The van der Waals surface area contributed by atoms with Crippen LogP contribution in [0.15, 0.2) is 4.52 Å². The molecule has 0 aromatic carbocycles. The standard InChI is InChI=1S/C12H19N3O2.ClH/c1-8-7-15(5-4-13-8)12(16)6-11-9(2)14-17-10(11)3;/h8,13H,4-7H2,1-3H3;1H/t8-;/m0./s1. The number of aromatic nitrogens is 1. The van der Waals surface area contributed by atoms with Crippen LogP contribution in [0.3, 0.4) is 0 Å². The summed E-state index contributed by atoms with van der Waals surface area (Å²) in [5.74, 6) is 0.909. The second-order valence-electron chi connectivity index (χ2n) is 4.67. The van der Waals surface area contributed by atoms with E-state index in [-0.39, 0.29) is 18.3 Å². The minimum atomic E-state index is 0. The Balaban J connectivity index is 0.00000162. The van der Waals surface area contributed by atoms with Crippen LogP contribution in [0, 0.1) is 13.8 Å². The number of carbonyl (C=O) groups is 1. The fourth-order valence-electron chi connectivity index (χ4n) is 2.18. The first kappa shape index (κ1) is 15.0. The van der Waals surface area contributed by atoms with Crippen molar-refractivity contribution in [3.05, 3.63) is 17.0 Å². The Bertz CT molecular complexity index is 400. The van der Waals surface area contributed by atoms with E-state index >= 15 is 0 Å². The fraction of sp³-hybridized carbons (Fsp3) is 0.667. The molecule has 2 rings (SSSR count). The Kier molecular flexibility index (Phi) is 5.16. The molecule has 0 saturated carbocycles. The maximum Gasteiger partial charge on any atom is 0.227 e. The zero-order chi connectivity index (χ0) is 12.4. The highest BCUT2D eigenvalue weighted by atomic mass is 35.5. The smallest absolute Gasteiger partial charge is 0.227 e. The summed E-state index contributed by atoms with van der Waals surface area (Å²) in [6, 6.07) is 0.373. The van der Waals surface area contributed by atoms with Crippen molar-refractivity contribution in [2.24, 2.45) is 0 Å². The van der Waals surface area contributed by atoms with Crippen LogP contribution in [0.5, 0.6) is 0 Å². The predicted molar refractivity (Wildman–Crippen MR) is 71.0 cm³/mol. The molecule has 0 radical (unpaired) electrons. The molecule has 1 aliphatic rings. The van der Waals surface area contributed by atoms with E-state index in [0.717, 1.165) is 36.7 Å². The average molecular weight is 274 g/mol. The van der Waals surface area contributed by atoms with Crippen LogP contribution < -0.4 is 5.32 Å². The Morgan fingerprint density at radius 3 is 2.83 bits per heavy atom. The second-order valence-corrected chi connectivity index (χ2v) is 4.67. The molecule has 1 aromatic rings. The van der Waals surface area contributed by atoms with Gasteiger partial charge in [-0.3, -0.25) is 4.79 Å². The zero-order valence-corrected chi connectivity index (χ0v) is 11.8. The first-order valence-corrected chi connectivity index (χ1v) is 6.01. The van der Waals surface area contributed by atoms with Crippen LogP contribution >= 0.6 is 12.4 Å². The summed E-state index contributed by atoms with van der Waals surface area (Å²) in [5, 5.41) is 7.19. The molecule has 1 amide bonds. The second kappa shape index (κ2) is 6.20. The minimum Gasteiger partial charge on any atom is -0.361 e. The molecule has 1 fully saturated rings. The molecule has 0 bridgehead atoms. The summed E-state index contributed by atoms with van der Waals surface area (Å²) >= 11 is 0. The van der Waals surface area contributed by atoms with Crippen molar-refractivity contribution < 1.29 is 9.32 Å². The summed E-state index contributed by atoms with van der Waals surface area (Å²) in [7, 11) is 0. The lowest BCUT2D eigenvalue weighted by Crippen LogP contribution is -2.51. The van der Waals surface area contributed by atoms with Gasteiger partial charge < -0.3 is 14.7 Å². The van der Waals surface area contributed by atoms with E-state index in [1.165, 1.54) is 0 Å². The molecule has 1 aliphatic heterocycles. The van der Waals surface area contributed by atoms with Gasteiger partial charge in [-0.25, -0.2) is 0 Å². The minimum absolute atomic E-state index is 0. The van der Waals surface area contributed by atoms with Crippen LogP contribution in [0.1, 0.15) is 23.9 Å². The lowest BCUT2D eigenvalue weighted by molar-refractivity contribution is -0.131. The van der Waals surface area contributed by atoms with Crippen molar-refractivity contribution in [2.75, 3.05) is 19.6 Å². The number of nitrogens with zero attached hydrogens (tertiary/aromatic N) is 2. The summed E-state index contributed by atoms with van der Waals surface area (Å²) < 4.78 is 5.07. The fourth-order valence-corrected chi connectivity index (χ4v) is 2.18. The number of hydrogen-bond acceptors (Lipinski definition) is 4. The van der Waals surface area contributed by atoms with Crippen molar-refractivity contribution >= 4 is 18.3 Å². The third-order valence-corrected chi connectivity index (χ3v) is 3.23. The zero-order valence-electron chi connectivity index (χ0n) is 11.0. The van der Waals surface area contributed by atoms with Crippen LogP contribution in [-0.4, -0.2) is 41.6 Å². The largest absolute Gasteiger partial charge is 0.361 e. The highest BCUT2D eigenvalue weighted by Gasteiger charge is 2.22. The van der Waals surface area contributed by atoms with Crippen LogP contribution in [-0.2, 0) is 11.2 Å². The number of piperazine rings is 1. The van der Waals surface area contributed by atoms with Crippen molar-refractivity contribution in [3.8, 4) is 0 Å². The maximum absolute atomic E-state index is 12.1. The molecule has 2 heterocycles. The van der Waals surface area contributed by atoms with Gasteiger partial charge >= 0.3 is 0 Å². The third kappa shape index (κ3) is 3.23. The normalized spacial score (nSPS) is 19.5. The molecular formula is C12H20ClN3O2. The predicted octanol–water partition coefficient (Wildman–Crippen LogP) is 1.08. The number of halogens is 1. The average Bonchev–Trinajstić information content (AvgIpc) is 2.61. The highest BCUT2D eigenvalue weighted by molar-refractivity contribution is 5.85. The molecule has 1 atom stereocenters. The molecule has 1 saturated heterocycles. The number of rotatable bonds is 2. The summed E-state index contributed by atoms with van der Waals surface area (Å²) in [4.78, 5) is 14.1. The summed E-state index contributed by atoms with van der Waals surface area (Å²) in [5.41, 5.74) is 1.75. The van der Waals surface area contributed by atoms with Gasteiger partial charge in [0, 0.05) is 31.2 Å². The van der Waals surface area contributed by atoms with Crippen LogP contribution in [0.25, 0.3) is 0 Å². The Labute approximate surface area is 113 Å². The highest BCUT2D eigenvalue weighted by Crippen LogP contribution is 2.14. The number of hydrogen-bond donors (Lipinski definition) is 1. The Morgan fingerprint density at radius 2 is 2.28 bits per heavy atom. The van der Waals surface area contributed by atoms with E-state index in [2.05, 4.69) is 17.4 Å². The first-order chi connectivity index (χ1) is 8.08. The number of amides is 1. The van der Waals surface area contributed by atoms with Crippen LogP contribution in [0.2, 0.25) is 0 Å². The van der Waals surface area contributed by atoms with E-state index in [1.807, 2.05) is 18.7 Å². The van der Waals surface area contributed by atoms with Gasteiger partial charge in [0.1, 0.15) is 5.76 Å². The SMILES string of the molecule is Cc1noc(C)c1CC(=O)N1CCN[C@@H](C)C1.Cl. The van der Waals surface area contributed by atoms with Crippen LogP contribution in [0.4, 0.5) is 0 Å². The van der Waals surface area contributed by atoms with E-state index in [9.17, 15) is 4.79 Å². The molecule has 0 unspecified atom stereocenters. The lowest BCUT2D eigenvalue weighted by atomic mass is 10.1. The Morgan fingerprint density at radius 1 is 1.56 bits per heavy atom. The molecule has 5 nitrogen and oxygen atoms in total. The molecule has 1 N–H and O–H groups in total. The van der Waals surface area contributed by atoms with Crippen molar-refractivity contribution in [2.45, 2.75) is 33.2 Å². The molecule has 102 valence electrons. The monoisotopic (exact) mass is 273 g/mol. The van der Waals surface area contributed by atoms with Gasteiger partial charge in [0.15, 0.2) is 0 Å². The van der Waals surface area contributed by atoms with Gasteiger partial charge in [0.05, 0.1) is 12.1 Å². The molecule has 6 heteroatoms. The summed E-state index contributed by atoms with van der Waals surface area (Å²) in [6.07, 6.45) is 0.397. The van der Waals surface area contributed by atoms with Gasteiger partial charge in [-0.15, -0.1) is 12.4 Å². The molecular weight excluding hydrogens is 254 g/mol. The quantitative estimate of drug-likeness (QED) is 0.876. The first-order valence-electron chi connectivity index (χ1n) is 6.01. The number of nitrogens with one attached hydrogen (secondary N) is 1.